The van der Waals surface area contributed by atoms with Gasteiger partial charge in [0.05, 0.1) is 14.2 Å². The summed E-state index contributed by atoms with van der Waals surface area (Å²) >= 11 is 1.44. The van der Waals surface area contributed by atoms with Crippen molar-refractivity contribution in [2.24, 2.45) is 0 Å². The summed E-state index contributed by atoms with van der Waals surface area (Å²) in [5, 5.41) is 0.632. The maximum absolute atomic E-state index is 13.2. The van der Waals surface area contributed by atoms with E-state index in [1.54, 1.807) is 25.2 Å². The van der Waals surface area contributed by atoms with Crippen LogP contribution in [0, 0.1) is 0 Å². The van der Waals surface area contributed by atoms with Crippen LogP contribution in [0.3, 0.4) is 0 Å². The summed E-state index contributed by atoms with van der Waals surface area (Å²) in [7, 11) is 3.25. The lowest BCUT2D eigenvalue weighted by Crippen LogP contribution is -2.38. The van der Waals surface area contributed by atoms with Gasteiger partial charge in [0.15, 0.2) is 5.13 Å². The number of anilines is 1. The number of methoxy groups -OCH3 is 2. The normalized spacial score (nSPS) is 11.4. The Hall–Kier alpha value is -2.90. The molecule has 0 saturated heterocycles. The Kier molecular flexibility index (Phi) is 8.03. The maximum atomic E-state index is 13.2. The second-order valence-corrected chi connectivity index (χ2v) is 7.88. The van der Waals surface area contributed by atoms with E-state index in [0.29, 0.717) is 22.9 Å². The molecule has 0 atom stereocenters. The smallest absolute Gasteiger partial charge is 0.252 e. The summed E-state index contributed by atoms with van der Waals surface area (Å²) in [5.74, 6) is 1.28. The summed E-state index contributed by atoms with van der Waals surface area (Å²) in [6.45, 7) is 7.42. The molecule has 164 valence electrons. The molecule has 31 heavy (non-hydrogen) atoms. The minimum Gasteiger partial charge on any atom is -0.495 e. The first-order valence-corrected chi connectivity index (χ1v) is 11.2. The molecule has 3 aromatic rings. The third-order valence-corrected chi connectivity index (χ3v) is 6.24. The van der Waals surface area contributed by atoms with Gasteiger partial charge in [-0.25, -0.2) is 4.98 Å². The van der Waals surface area contributed by atoms with Gasteiger partial charge in [-0.2, -0.15) is 0 Å². The second-order valence-electron chi connectivity index (χ2n) is 6.91. The highest BCUT2D eigenvalue weighted by Gasteiger charge is 2.21. The van der Waals surface area contributed by atoms with Gasteiger partial charge in [0, 0.05) is 19.2 Å². The molecule has 7 heteroatoms. The van der Waals surface area contributed by atoms with Crippen LogP contribution < -0.4 is 14.4 Å². The van der Waals surface area contributed by atoms with Crippen molar-refractivity contribution in [2.75, 3.05) is 45.3 Å². The van der Waals surface area contributed by atoms with Gasteiger partial charge in [-0.05, 0) is 36.9 Å². The van der Waals surface area contributed by atoms with Gasteiger partial charge in [-0.15, -0.1) is 0 Å². The molecular weight excluding hydrogens is 410 g/mol. The van der Waals surface area contributed by atoms with Crippen molar-refractivity contribution in [3.63, 3.8) is 0 Å². The number of nitrogens with zero attached hydrogens (tertiary/aromatic N) is 3. The fraction of sp³-hybridized carbons (Fsp3) is 0.333. The number of hydrogen-bond donors (Lipinski definition) is 0. The molecule has 6 nitrogen and oxygen atoms in total. The molecule has 0 bridgehead atoms. The average molecular weight is 440 g/mol. The van der Waals surface area contributed by atoms with E-state index in [1.807, 2.05) is 48.5 Å². The number of benzene rings is 2. The third-order valence-electron chi connectivity index (χ3n) is 5.15. The average Bonchev–Trinajstić information content (AvgIpc) is 3.25. The van der Waals surface area contributed by atoms with Gasteiger partial charge in [0.2, 0.25) is 0 Å². The number of hydrogen-bond acceptors (Lipinski definition) is 6. The number of rotatable bonds is 10. The van der Waals surface area contributed by atoms with Crippen LogP contribution in [0.1, 0.15) is 19.4 Å². The maximum Gasteiger partial charge on any atom is 0.252 e. The topological polar surface area (TPSA) is 54.9 Å². The van der Waals surface area contributed by atoms with E-state index in [1.165, 1.54) is 11.3 Å². The molecule has 0 unspecified atom stereocenters. The first-order valence-electron chi connectivity index (χ1n) is 10.4. The fourth-order valence-corrected chi connectivity index (χ4v) is 4.40. The van der Waals surface area contributed by atoms with E-state index in [9.17, 15) is 4.79 Å². The van der Waals surface area contributed by atoms with E-state index in [2.05, 4.69) is 18.7 Å². The van der Waals surface area contributed by atoms with Crippen LogP contribution in [0.5, 0.6) is 11.5 Å². The first kappa shape index (κ1) is 22.8. The Morgan fingerprint density at radius 1 is 1.00 bits per heavy atom. The van der Waals surface area contributed by atoms with Crippen LogP contribution in [-0.2, 0) is 4.79 Å². The number of carbonyl (C=O) groups excluding carboxylic acids is 1. The molecule has 2 aromatic carbocycles. The molecule has 0 fully saturated rings. The van der Waals surface area contributed by atoms with E-state index < -0.39 is 0 Å². The summed E-state index contributed by atoms with van der Waals surface area (Å²) in [6, 6.07) is 13.5. The molecule has 0 aliphatic heterocycles. The van der Waals surface area contributed by atoms with Gasteiger partial charge in [-0.1, -0.05) is 55.5 Å². The van der Waals surface area contributed by atoms with Crippen LogP contribution in [0.15, 0.2) is 48.5 Å². The largest absolute Gasteiger partial charge is 0.495 e. The zero-order valence-corrected chi connectivity index (χ0v) is 19.3. The van der Waals surface area contributed by atoms with Crippen LogP contribution in [-0.4, -0.2) is 56.2 Å². The molecule has 0 aliphatic rings. The molecule has 0 saturated carbocycles. The molecule has 1 heterocycles. The Labute approximate surface area is 187 Å². The van der Waals surface area contributed by atoms with E-state index >= 15 is 0 Å². The van der Waals surface area contributed by atoms with Crippen molar-refractivity contribution >= 4 is 38.7 Å². The lowest BCUT2D eigenvalue weighted by Gasteiger charge is -2.23. The first-order chi connectivity index (χ1) is 15.1. The molecule has 0 aliphatic carbocycles. The van der Waals surface area contributed by atoms with Gasteiger partial charge in [-0.3, -0.25) is 9.69 Å². The predicted octanol–water partition coefficient (Wildman–Crippen LogP) is 4.70. The van der Waals surface area contributed by atoms with Gasteiger partial charge < -0.3 is 14.4 Å². The predicted molar refractivity (Wildman–Crippen MR) is 128 cm³/mol. The lowest BCUT2D eigenvalue weighted by molar-refractivity contribution is -0.114. The van der Waals surface area contributed by atoms with Crippen LogP contribution in [0.25, 0.3) is 16.3 Å². The van der Waals surface area contributed by atoms with Crippen LogP contribution >= 0.6 is 11.3 Å². The van der Waals surface area contributed by atoms with Crippen molar-refractivity contribution in [2.45, 2.75) is 13.8 Å². The summed E-state index contributed by atoms with van der Waals surface area (Å²) < 4.78 is 11.9. The van der Waals surface area contributed by atoms with Gasteiger partial charge in [0.25, 0.3) is 5.91 Å². The minimum absolute atomic E-state index is 0.104. The number of aromatic nitrogens is 1. The van der Waals surface area contributed by atoms with E-state index in [-0.39, 0.29) is 5.91 Å². The molecule has 1 aromatic heterocycles. The number of thiazole rings is 1. The number of carbonyl (C=O) groups is 1. The zero-order valence-electron chi connectivity index (χ0n) is 18.5. The van der Waals surface area contributed by atoms with Crippen LogP contribution in [0.4, 0.5) is 5.13 Å². The standard InChI is InChI=1S/C24H29N3O3S/c1-5-26(6-2)16-17-27(21(28)15-12-18-10-8-7-9-11-18)24-25-22-19(29-3)13-14-20(30-4)23(22)31-24/h7-15H,5-6,16-17H2,1-4H3/b15-12+. The van der Waals surface area contributed by atoms with Crippen LogP contribution in [0.2, 0.25) is 0 Å². The number of likely N-dealkylation sites (N-methyl/N-ethyl adjacent to an activating group) is 1. The third kappa shape index (κ3) is 5.42. The van der Waals surface area contributed by atoms with Crippen molar-refractivity contribution in [3.05, 3.63) is 54.1 Å². The van der Waals surface area contributed by atoms with Crippen molar-refractivity contribution in [1.82, 2.24) is 9.88 Å². The van der Waals surface area contributed by atoms with E-state index in [4.69, 9.17) is 14.5 Å². The highest BCUT2D eigenvalue weighted by atomic mass is 32.1. The Balaban J connectivity index is 1.97. The van der Waals surface area contributed by atoms with Crippen molar-refractivity contribution in [3.8, 4) is 11.5 Å². The summed E-state index contributed by atoms with van der Waals surface area (Å²) in [6.07, 6.45) is 3.44. The zero-order chi connectivity index (χ0) is 22.2. The molecule has 1 amide bonds. The highest BCUT2D eigenvalue weighted by Crippen LogP contribution is 2.40. The molecular formula is C24H29N3O3S. The lowest BCUT2D eigenvalue weighted by atomic mass is 10.2. The Morgan fingerprint density at radius 3 is 2.32 bits per heavy atom. The number of fused-ring (bicyclic) bond motifs is 1. The molecule has 3 rings (SSSR count). The van der Waals surface area contributed by atoms with Crippen molar-refractivity contribution < 1.29 is 14.3 Å². The van der Waals surface area contributed by atoms with E-state index in [0.717, 1.165) is 35.6 Å². The van der Waals surface area contributed by atoms with Gasteiger partial charge in [0.1, 0.15) is 21.7 Å². The second kappa shape index (κ2) is 10.9. The fourth-order valence-electron chi connectivity index (χ4n) is 3.29. The molecule has 0 radical (unpaired) electrons. The number of amides is 1. The Bertz CT molecular complexity index is 988. The number of ether oxygens (including phenoxy) is 2. The van der Waals surface area contributed by atoms with Gasteiger partial charge >= 0.3 is 0 Å². The highest BCUT2D eigenvalue weighted by molar-refractivity contribution is 7.22. The molecule has 0 spiro atoms. The summed E-state index contributed by atoms with van der Waals surface area (Å²) in [5.41, 5.74) is 1.68. The quantitative estimate of drug-likeness (QED) is 0.429. The van der Waals surface area contributed by atoms with Crippen molar-refractivity contribution in [1.29, 1.82) is 0 Å². The SMILES string of the molecule is CCN(CC)CCN(C(=O)/C=C/c1ccccc1)c1nc2c(OC)ccc(OC)c2s1. The monoisotopic (exact) mass is 439 g/mol. The summed E-state index contributed by atoms with van der Waals surface area (Å²) in [4.78, 5) is 22.0. The minimum atomic E-state index is -0.104. The molecule has 0 N–H and O–H groups in total. The Morgan fingerprint density at radius 2 is 1.68 bits per heavy atom.